The minimum absolute atomic E-state index is 0.176. The molecule has 0 heterocycles. The van der Waals surface area contributed by atoms with Crippen LogP contribution in [0.5, 0.6) is 0 Å². The minimum atomic E-state index is -1.27. The van der Waals surface area contributed by atoms with E-state index in [2.05, 4.69) is 0 Å². The van der Waals surface area contributed by atoms with Crippen molar-refractivity contribution in [1.82, 2.24) is 0 Å². The van der Waals surface area contributed by atoms with Crippen molar-refractivity contribution in [3.63, 3.8) is 0 Å². The molecule has 4 heteroatoms. The van der Waals surface area contributed by atoms with Crippen molar-refractivity contribution in [3.8, 4) is 0 Å². The number of hydrogen-bond acceptors (Lipinski definition) is 2. The number of aliphatic carboxylic acids is 2. The molecule has 16 heavy (non-hydrogen) atoms. The van der Waals surface area contributed by atoms with E-state index in [0.717, 1.165) is 25.7 Å². The van der Waals surface area contributed by atoms with Gasteiger partial charge in [0.05, 0.1) is 0 Å². The van der Waals surface area contributed by atoms with Crippen LogP contribution in [-0.4, -0.2) is 22.2 Å². The molecule has 0 aromatic rings. The highest BCUT2D eigenvalue weighted by atomic mass is 16.4. The molecule has 0 fully saturated rings. The predicted octanol–water partition coefficient (Wildman–Crippen LogP) is 2.77. The summed E-state index contributed by atoms with van der Waals surface area (Å²) in [5, 5.41) is 17.7. The molecule has 0 aromatic heterocycles. The second-order valence-electron chi connectivity index (χ2n) is 4.74. The molecule has 0 aliphatic heterocycles. The third-order valence-corrected chi connectivity index (χ3v) is 3.00. The minimum Gasteiger partial charge on any atom is -0.481 e. The Morgan fingerprint density at radius 3 is 1.69 bits per heavy atom. The van der Waals surface area contributed by atoms with E-state index in [1.54, 1.807) is 0 Å². The van der Waals surface area contributed by atoms with E-state index in [1.165, 1.54) is 0 Å². The number of carbonyl (C=O) groups is 2. The van der Waals surface area contributed by atoms with Gasteiger partial charge in [-0.2, -0.15) is 0 Å². The normalized spacial score (nSPS) is 11.8. The molecule has 0 saturated carbocycles. The first kappa shape index (κ1) is 14.9. The van der Waals surface area contributed by atoms with E-state index < -0.39 is 17.9 Å². The van der Waals surface area contributed by atoms with Gasteiger partial charge in [0.25, 0.3) is 0 Å². The third kappa shape index (κ3) is 4.64. The molecule has 0 atom stereocenters. The van der Waals surface area contributed by atoms with Crippen LogP contribution >= 0.6 is 0 Å². The van der Waals surface area contributed by atoms with Crippen molar-refractivity contribution < 1.29 is 19.8 Å². The van der Waals surface area contributed by atoms with Gasteiger partial charge in [-0.15, -0.1) is 0 Å². The molecule has 0 aliphatic carbocycles. The highest BCUT2D eigenvalue weighted by molar-refractivity contribution is 5.92. The Morgan fingerprint density at radius 2 is 1.44 bits per heavy atom. The lowest BCUT2D eigenvalue weighted by Crippen LogP contribution is -2.30. The van der Waals surface area contributed by atoms with Crippen LogP contribution in [0.15, 0.2) is 0 Å². The van der Waals surface area contributed by atoms with Crippen LogP contribution < -0.4 is 0 Å². The summed E-state index contributed by atoms with van der Waals surface area (Å²) in [7, 11) is 0. The van der Waals surface area contributed by atoms with Crippen molar-refractivity contribution in [2.45, 2.75) is 52.9 Å². The first-order valence-corrected chi connectivity index (χ1v) is 5.82. The van der Waals surface area contributed by atoms with E-state index in [9.17, 15) is 9.59 Å². The zero-order valence-electron chi connectivity index (χ0n) is 10.3. The van der Waals surface area contributed by atoms with Crippen molar-refractivity contribution in [1.29, 1.82) is 0 Å². The van der Waals surface area contributed by atoms with Gasteiger partial charge in [0.1, 0.15) is 0 Å². The molecule has 0 aliphatic rings. The predicted molar refractivity (Wildman–Crippen MR) is 61.3 cm³/mol. The fourth-order valence-corrected chi connectivity index (χ4v) is 2.31. The Bertz CT molecular complexity index is 227. The zero-order valence-corrected chi connectivity index (χ0v) is 10.3. The summed E-state index contributed by atoms with van der Waals surface area (Å²) >= 11 is 0. The first-order chi connectivity index (χ1) is 7.36. The lowest BCUT2D eigenvalue weighted by atomic mass is 9.74. The highest BCUT2D eigenvalue weighted by Crippen LogP contribution is 2.36. The molecular formula is C12H22O4. The lowest BCUT2D eigenvalue weighted by molar-refractivity contribution is -0.156. The molecule has 0 aromatic carbocycles. The Balaban J connectivity index is 4.69. The van der Waals surface area contributed by atoms with Gasteiger partial charge >= 0.3 is 11.9 Å². The molecule has 0 amide bonds. The number of rotatable bonds is 8. The van der Waals surface area contributed by atoms with Gasteiger partial charge in [-0.3, -0.25) is 9.59 Å². The molecule has 4 nitrogen and oxygen atoms in total. The van der Waals surface area contributed by atoms with Gasteiger partial charge in [-0.25, -0.2) is 0 Å². The van der Waals surface area contributed by atoms with Crippen LogP contribution in [0.4, 0.5) is 0 Å². The Morgan fingerprint density at radius 1 is 1.06 bits per heavy atom. The smallest absolute Gasteiger partial charge is 0.317 e. The van der Waals surface area contributed by atoms with Crippen LogP contribution in [0.2, 0.25) is 0 Å². The van der Waals surface area contributed by atoms with Crippen LogP contribution in [-0.2, 0) is 9.59 Å². The monoisotopic (exact) mass is 230 g/mol. The Kier molecular flexibility index (Phi) is 6.08. The second-order valence-corrected chi connectivity index (χ2v) is 4.74. The summed E-state index contributed by atoms with van der Waals surface area (Å²) in [6.45, 7) is 6.05. The van der Waals surface area contributed by atoms with Gasteiger partial charge in [-0.1, -0.05) is 33.6 Å². The fraction of sp³-hybridized carbons (Fsp3) is 0.833. The van der Waals surface area contributed by atoms with Crippen molar-refractivity contribution in [2.24, 2.45) is 11.3 Å². The third-order valence-electron chi connectivity index (χ3n) is 3.00. The van der Waals surface area contributed by atoms with Gasteiger partial charge in [0.15, 0.2) is 5.92 Å². The number of carboxylic acid groups (broad SMARTS) is 2. The standard InChI is InChI=1S/C12H22O4/c1-4-6-12(3,7-5-2)8-9(10(13)14)11(15)16/h9H,4-8H2,1-3H3,(H,13,14)(H,15,16). The molecule has 94 valence electrons. The molecule has 0 saturated heterocycles. The van der Waals surface area contributed by atoms with Crippen molar-refractivity contribution in [3.05, 3.63) is 0 Å². The van der Waals surface area contributed by atoms with Gasteiger partial charge in [0.2, 0.25) is 0 Å². The molecular weight excluding hydrogens is 208 g/mol. The van der Waals surface area contributed by atoms with Gasteiger partial charge in [-0.05, 0) is 24.7 Å². The second kappa shape index (κ2) is 6.51. The van der Waals surface area contributed by atoms with Crippen molar-refractivity contribution >= 4 is 11.9 Å². The quantitative estimate of drug-likeness (QED) is 0.629. The van der Waals surface area contributed by atoms with Crippen LogP contribution in [0.3, 0.4) is 0 Å². The maximum Gasteiger partial charge on any atom is 0.317 e. The maximum absolute atomic E-state index is 10.8. The highest BCUT2D eigenvalue weighted by Gasteiger charge is 2.34. The van der Waals surface area contributed by atoms with Crippen LogP contribution in [0.1, 0.15) is 52.9 Å². The fourth-order valence-electron chi connectivity index (χ4n) is 2.31. The Labute approximate surface area is 96.7 Å². The molecule has 0 radical (unpaired) electrons. The average molecular weight is 230 g/mol. The molecule has 0 unspecified atom stereocenters. The molecule has 2 N–H and O–H groups in total. The summed E-state index contributed by atoms with van der Waals surface area (Å²) in [5.41, 5.74) is -0.176. The van der Waals surface area contributed by atoms with Crippen LogP contribution in [0, 0.1) is 11.3 Å². The number of hydrogen-bond donors (Lipinski definition) is 2. The first-order valence-electron chi connectivity index (χ1n) is 5.82. The Hall–Kier alpha value is -1.06. The topological polar surface area (TPSA) is 74.6 Å². The maximum atomic E-state index is 10.8. The van der Waals surface area contributed by atoms with Crippen molar-refractivity contribution in [2.75, 3.05) is 0 Å². The molecule has 0 spiro atoms. The van der Waals surface area contributed by atoms with Gasteiger partial charge in [0, 0.05) is 0 Å². The van der Waals surface area contributed by atoms with E-state index in [1.807, 2.05) is 20.8 Å². The van der Waals surface area contributed by atoms with E-state index in [-0.39, 0.29) is 11.8 Å². The van der Waals surface area contributed by atoms with E-state index in [0.29, 0.717) is 0 Å². The van der Waals surface area contributed by atoms with Gasteiger partial charge < -0.3 is 10.2 Å². The zero-order chi connectivity index (χ0) is 12.8. The summed E-state index contributed by atoms with van der Waals surface area (Å²) < 4.78 is 0. The summed E-state index contributed by atoms with van der Waals surface area (Å²) in [4.78, 5) is 21.7. The average Bonchev–Trinajstić information content (AvgIpc) is 2.14. The number of carboxylic acids is 2. The largest absolute Gasteiger partial charge is 0.481 e. The lowest BCUT2D eigenvalue weighted by Gasteiger charge is -2.30. The molecule has 0 bridgehead atoms. The SMILES string of the molecule is CCCC(C)(CCC)CC(C(=O)O)C(=O)O. The van der Waals surface area contributed by atoms with E-state index in [4.69, 9.17) is 10.2 Å². The summed E-state index contributed by atoms with van der Waals surface area (Å²) in [6, 6.07) is 0. The van der Waals surface area contributed by atoms with E-state index >= 15 is 0 Å². The van der Waals surface area contributed by atoms with Crippen LogP contribution in [0.25, 0.3) is 0 Å². The summed E-state index contributed by atoms with van der Waals surface area (Å²) in [6.07, 6.45) is 3.86. The molecule has 0 rings (SSSR count). The summed E-state index contributed by atoms with van der Waals surface area (Å²) in [5.74, 6) is -3.74.